The number of aliphatic hydroxyl groups is 1. The predicted octanol–water partition coefficient (Wildman–Crippen LogP) is 1.04. The second kappa shape index (κ2) is 6.78. The van der Waals surface area contributed by atoms with Crippen LogP contribution in [0, 0.1) is 0 Å². The van der Waals surface area contributed by atoms with E-state index in [4.69, 9.17) is 0 Å². The molecule has 0 radical (unpaired) electrons. The van der Waals surface area contributed by atoms with Crippen molar-refractivity contribution in [1.29, 1.82) is 0 Å². The van der Waals surface area contributed by atoms with Gasteiger partial charge in [0.05, 0.1) is 0 Å². The Morgan fingerprint density at radius 3 is 2.20 bits per heavy atom. The van der Waals surface area contributed by atoms with Crippen molar-refractivity contribution < 1.29 is 14.7 Å². The molecular formula is C17H21N3O5. The molecule has 0 aromatic carbocycles. The molecule has 0 saturated heterocycles. The number of Topliss-reactive ketones (excluding diaryl/α,β-unsaturated/α-hetero) is 2. The highest BCUT2D eigenvalue weighted by Gasteiger charge is 2.31. The van der Waals surface area contributed by atoms with Crippen molar-refractivity contribution in [2.75, 3.05) is 0 Å². The van der Waals surface area contributed by atoms with Crippen molar-refractivity contribution in [1.82, 2.24) is 14.3 Å². The van der Waals surface area contributed by atoms with Crippen LogP contribution in [-0.4, -0.2) is 31.0 Å². The largest absolute Gasteiger partial charge is 0.505 e. The van der Waals surface area contributed by atoms with E-state index in [0.29, 0.717) is 19.3 Å². The number of carbonyl (C=O) groups excluding carboxylic acids is 2. The molecule has 3 rings (SSSR count). The Morgan fingerprint density at radius 2 is 1.60 bits per heavy atom. The maximum absolute atomic E-state index is 12.8. The molecule has 1 aromatic heterocycles. The summed E-state index contributed by atoms with van der Waals surface area (Å²) >= 11 is 0. The first kappa shape index (κ1) is 17.3. The summed E-state index contributed by atoms with van der Waals surface area (Å²) in [5.74, 6) is -1.69. The van der Waals surface area contributed by atoms with Crippen LogP contribution < -0.4 is 11.2 Å². The molecule has 1 heterocycles. The monoisotopic (exact) mass is 347 g/mol. The lowest BCUT2D eigenvalue weighted by Crippen LogP contribution is -2.45. The van der Waals surface area contributed by atoms with Crippen LogP contribution in [-0.2, 0) is 16.6 Å². The molecule has 1 aromatic rings. The zero-order chi connectivity index (χ0) is 18.1. The lowest BCUT2D eigenvalue weighted by Gasteiger charge is -2.23. The summed E-state index contributed by atoms with van der Waals surface area (Å²) in [5, 5.41) is 14.3. The van der Waals surface area contributed by atoms with Crippen molar-refractivity contribution >= 4 is 17.3 Å². The van der Waals surface area contributed by atoms with Crippen LogP contribution in [0.15, 0.2) is 15.2 Å². The van der Waals surface area contributed by atoms with E-state index in [1.54, 1.807) is 0 Å². The van der Waals surface area contributed by atoms with Gasteiger partial charge in [-0.15, -0.1) is 0 Å². The molecule has 0 atom stereocenters. The van der Waals surface area contributed by atoms with Crippen LogP contribution in [0.5, 0.6) is 0 Å². The fourth-order valence-electron chi connectivity index (χ4n) is 3.60. The molecule has 2 saturated carbocycles. The SMILES string of the molecule is Cn1nc(C(O)=C2C(=O)CCCC2=O)c(=O)n(C2CCCCC2)c1=O. The third-order valence-corrected chi connectivity index (χ3v) is 4.92. The Hall–Kier alpha value is -2.51. The molecule has 0 unspecified atom stereocenters. The predicted molar refractivity (Wildman–Crippen MR) is 89.3 cm³/mol. The molecule has 2 fully saturated rings. The van der Waals surface area contributed by atoms with Crippen LogP contribution in [0.25, 0.3) is 5.76 Å². The Bertz CT molecular complexity index is 853. The number of allylic oxidation sites excluding steroid dienone is 1. The van der Waals surface area contributed by atoms with Gasteiger partial charge in [-0.05, 0) is 19.3 Å². The number of ketones is 2. The number of aliphatic hydroxyl groups excluding tert-OH is 1. The van der Waals surface area contributed by atoms with Crippen molar-refractivity contribution in [2.24, 2.45) is 7.05 Å². The first-order chi connectivity index (χ1) is 11.9. The first-order valence-electron chi connectivity index (χ1n) is 8.61. The number of carbonyl (C=O) groups is 2. The summed E-state index contributed by atoms with van der Waals surface area (Å²) < 4.78 is 2.08. The van der Waals surface area contributed by atoms with Crippen molar-refractivity contribution in [3.05, 3.63) is 32.1 Å². The lowest BCUT2D eigenvalue weighted by atomic mass is 9.90. The van der Waals surface area contributed by atoms with Gasteiger partial charge in [-0.25, -0.2) is 9.48 Å². The van der Waals surface area contributed by atoms with Gasteiger partial charge >= 0.3 is 5.69 Å². The Labute approximate surface area is 143 Å². The summed E-state index contributed by atoms with van der Waals surface area (Å²) in [7, 11) is 1.38. The van der Waals surface area contributed by atoms with E-state index >= 15 is 0 Å². The van der Waals surface area contributed by atoms with Crippen LogP contribution >= 0.6 is 0 Å². The highest BCUT2D eigenvalue weighted by atomic mass is 16.3. The van der Waals surface area contributed by atoms with E-state index in [1.807, 2.05) is 0 Å². The third kappa shape index (κ3) is 3.08. The standard InChI is InChI=1S/C17H21N3O5/c1-19-17(25)20(10-6-3-2-4-7-10)16(24)14(18-19)15(23)13-11(21)8-5-9-12(13)22/h10,23H,2-9H2,1H3. The number of aromatic nitrogens is 3. The van der Waals surface area contributed by atoms with Crippen LogP contribution in [0.3, 0.4) is 0 Å². The van der Waals surface area contributed by atoms with E-state index in [-0.39, 0.29) is 24.5 Å². The molecule has 8 nitrogen and oxygen atoms in total. The van der Waals surface area contributed by atoms with Gasteiger partial charge in [-0.1, -0.05) is 19.3 Å². The highest BCUT2D eigenvalue weighted by molar-refractivity contribution is 6.25. The number of hydrogen-bond donors (Lipinski definition) is 1. The van der Waals surface area contributed by atoms with Gasteiger partial charge in [-0.3, -0.25) is 19.0 Å². The average Bonchev–Trinajstić information content (AvgIpc) is 2.59. The molecule has 2 aliphatic carbocycles. The minimum atomic E-state index is -0.744. The van der Waals surface area contributed by atoms with E-state index < -0.39 is 34.3 Å². The zero-order valence-corrected chi connectivity index (χ0v) is 14.2. The average molecular weight is 347 g/mol. The number of rotatable bonds is 2. The van der Waals surface area contributed by atoms with Gasteiger partial charge in [0.2, 0.25) is 0 Å². The molecule has 8 heteroatoms. The molecule has 2 aliphatic rings. The van der Waals surface area contributed by atoms with E-state index in [9.17, 15) is 24.3 Å². The molecule has 134 valence electrons. The minimum absolute atomic E-state index is 0.147. The second-order valence-electron chi connectivity index (χ2n) is 6.65. The number of aryl methyl sites for hydroxylation is 1. The van der Waals surface area contributed by atoms with Crippen LogP contribution in [0.2, 0.25) is 0 Å². The zero-order valence-electron chi connectivity index (χ0n) is 14.2. The van der Waals surface area contributed by atoms with Gasteiger partial charge in [0.25, 0.3) is 5.56 Å². The quantitative estimate of drug-likeness (QED) is 0.486. The number of nitrogens with zero attached hydrogens (tertiary/aromatic N) is 3. The molecule has 0 spiro atoms. The molecule has 25 heavy (non-hydrogen) atoms. The summed E-state index contributed by atoms with van der Waals surface area (Å²) in [6.45, 7) is 0. The molecule has 0 bridgehead atoms. The first-order valence-corrected chi connectivity index (χ1v) is 8.61. The van der Waals surface area contributed by atoms with Crippen molar-refractivity contribution in [2.45, 2.75) is 57.4 Å². The fraction of sp³-hybridized carbons (Fsp3) is 0.588. The normalized spacial score (nSPS) is 19.3. The highest BCUT2D eigenvalue weighted by Crippen LogP contribution is 2.26. The van der Waals surface area contributed by atoms with Gasteiger partial charge in [0.15, 0.2) is 23.0 Å². The van der Waals surface area contributed by atoms with Gasteiger partial charge in [0.1, 0.15) is 5.57 Å². The second-order valence-corrected chi connectivity index (χ2v) is 6.65. The van der Waals surface area contributed by atoms with Gasteiger partial charge in [0, 0.05) is 25.9 Å². The summed E-state index contributed by atoms with van der Waals surface area (Å²) in [4.78, 5) is 49.3. The van der Waals surface area contributed by atoms with E-state index in [1.165, 1.54) is 7.05 Å². The summed E-state index contributed by atoms with van der Waals surface area (Å²) in [6, 6.07) is -0.253. The molecule has 1 N–H and O–H groups in total. The summed E-state index contributed by atoms with van der Waals surface area (Å²) in [5.41, 5.74) is -2.08. The van der Waals surface area contributed by atoms with Crippen molar-refractivity contribution in [3.8, 4) is 0 Å². The maximum Gasteiger partial charge on any atom is 0.347 e. The van der Waals surface area contributed by atoms with Gasteiger partial charge in [-0.2, -0.15) is 5.10 Å². The smallest absolute Gasteiger partial charge is 0.347 e. The van der Waals surface area contributed by atoms with Crippen LogP contribution in [0.1, 0.15) is 63.1 Å². The molecular weight excluding hydrogens is 326 g/mol. The fourth-order valence-corrected chi connectivity index (χ4v) is 3.60. The Kier molecular flexibility index (Phi) is 4.69. The lowest BCUT2D eigenvalue weighted by molar-refractivity contribution is -0.123. The minimum Gasteiger partial charge on any atom is -0.505 e. The van der Waals surface area contributed by atoms with Gasteiger partial charge < -0.3 is 5.11 Å². The Morgan fingerprint density at radius 1 is 1.00 bits per heavy atom. The topological polar surface area (TPSA) is 111 Å². The number of hydrogen-bond acceptors (Lipinski definition) is 6. The maximum atomic E-state index is 12.8. The van der Waals surface area contributed by atoms with Crippen LogP contribution in [0.4, 0.5) is 0 Å². The molecule has 0 aliphatic heterocycles. The third-order valence-electron chi connectivity index (χ3n) is 4.92. The van der Waals surface area contributed by atoms with Crippen molar-refractivity contribution in [3.63, 3.8) is 0 Å². The summed E-state index contributed by atoms with van der Waals surface area (Å²) in [6.07, 6.45) is 5.02. The Balaban J connectivity index is 2.19. The van der Waals surface area contributed by atoms with E-state index in [2.05, 4.69) is 5.10 Å². The van der Waals surface area contributed by atoms with E-state index in [0.717, 1.165) is 28.5 Å². The molecule has 0 amide bonds.